The van der Waals surface area contributed by atoms with Crippen LogP contribution in [0.4, 0.5) is 5.69 Å². The Balaban J connectivity index is 1.59. The fraction of sp³-hybridized carbons (Fsp3) is 0. The quantitative estimate of drug-likeness (QED) is 0.407. The first kappa shape index (κ1) is 20.2. The van der Waals surface area contributed by atoms with Crippen LogP contribution in [0.3, 0.4) is 0 Å². The largest absolute Gasteiger partial charge is 0.366 e. The van der Waals surface area contributed by atoms with Crippen molar-refractivity contribution in [1.82, 2.24) is 9.97 Å². The molecule has 1 amide bonds. The van der Waals surface area contributed by atoms with E-state index >= 15 is 0 Å². The number of imidazole rings is 1. The Hall–Kier alpha value is -3.07. The minimum Gasteiger partial charge on any atom is -0.366 e. The van der Waals surface area contributed by atoms with Crippen molar-refractivity contribution in [3.8, 4) is 11.4 Å². The van der Waals surface area contributed by atoms with Crippen LogP contribution < -0.4 is 10.5 Å². The Labute approximate surface area is 181 Å². The van der Waals surface area contributed by atoms with Gasteiger partial charge in [-0.25, -0.2) is 13.4 Å². The number of nitrogens with zero attached hydrogens (tertiary/aromatic N) is 1. The lowest BCUT2D eigenvalue weighted by Crippen LogP contribution is -2.12. The molecule has 1 aromatic heterocycles. The van der Waals surface area contributed by atoms with Crippen molar-refractivity contribution >= 4 is 55.9 Å². The second kappa shape index (κ2) is 7.64. The van der Waals surface area contributed by atoms with E-state index in [1.807, 2.05) is 0 Å². The van der Waals surface area contributed by atoms with E-state index in [4.69, 9.17) is 28.9 Å². The molecule has 0 saturated heterocycles. The molecule has 0 unspecified atom stereocenters. The molecule has 7 nitrogen and oxygen atoms in total. The van der Waals surface area contributed by atoms with E-state index in [1.54, 1.807) is 42.5 Å². The van der Waals surface area contributed by atoms with E-state index in [0.717, 1.165) is 5.56 Å². The first-order valence-corrected chi connectivity index (χ1v) is 10.8. The molecule has 3 aromatic carbocycles. The van der Waals surface area contributed by atoms with Crippen LogP contribution in [-0.4, -0.2) is 24.3 Å². The third kappa shape index (κ3) is 3.97. The van der Waals surface area contributed by atoms with Gasteiger partial charge in [0.25, 0.3) is 10.0 Å². The molecule has 0 aliphatic heterocycles. The third-order valence-corrected chi connectivity index (χ3v) is 6.50. The number of nitrogens with one attached hydrogen (secondary N) is 2. The Morgan fingerprint density at radius 2 is 1.70 bits per heavy atom. The van der Waals surface area contributed by atoms with E-state index < -0.39 is 15.9 Å². The van der Waals surface area contributed by atoms with E-state index in [0.29, 0.717) is 28.1 Å². The molecule has 0 aliphatic rings. The lowest BCUT2D eigenvalue weighted by Gasteiger charge is -2.09. The summed E-state index contributed by atoms with van der Waals surface area (Å²) >= 11 is 11.8. The second-order valence-electron chi connectivity index (χ2n) is 6.44. The van der Waals surface area contributed by atoms with Gasteiger partial charge in [-0.1, -0.05) is 23.2 Å². The maximum Gasteiger partial charge on any atom is 0.261 e. The maximum absolute atomic E-state index is 12.6. The number of rotatable bonds is 5. The molecule has 0 atom stereocenters. The fourth-order valence-electron chi connectivity index (χ4n) is 2.85. The number of aromatic amines is 1. The molecular formula is C20H14Cl2N4O3S. The van der Waals surface area contributed by atoms with Gasteiger partial charge in [0.15, 0.2) is 0 Å². The van der Waals surface area contributed by atoms with Crippen molar-refractivity contribution in [2.75, 3.05) is 4.72 Å². The Morgan fingerprint density at radius 1 is 0.967 bits per heavy atom. The minimum absolute atomic E-state index is 0.00326. The Morgan fingerprint density at radius 3 is 2.37 bits per heavy atom. The van der Waals surface area contributed by atoms with E-state index in [2.05, 4.69) is 14.7 Å². The Bertz CT molecular complexity index is 1380. The molecule has 4 aromatic rings. The molecule has 4 rings (SSSR count). The number of H-pyrrole nitrogens is 1. The molecule has 0 fully saturated rings. The highest BCUT2D eigenvalue weighted by atomic mass is 35.5. The van der Waals surface area contributed by atoms with Crippen molar-refractivity contribution in [3.63, 3.8) is 0 Å². The summed E-state index contributed by atoms with van der Waals surface area (Å²) in [7, 11) is -3.82. The number of nitrogens with two attached hydrogens (primary N) is 1. The van der Waals surface area contributed by atoms with Gasteiger partial charge in [0, 0.05) is 16.8 Å². The summed E-state index contributed by atoms with van der Waals surface area (Å²) in [5.74, 6) is 0.0529. The van der Waals surface area contributed by atoms with Crippen molar-refractivity contribution in [2.45, 2.75) is 4.90 Å². The van der Waals surface area contributed by atoms with Gasteiger partial charge >= 0.3 is 0 Å². The number of sulfonamides is 1. The number of amides is 1. The first-order chi connectivity index (χ1) is 14.2. The molecule has 152 valence electrons. The van der Waals surface area contributed by atoms with Crippen LogP contribution in [0, 0.1) is 0 Å². The zero-order valence-electron chi connectivity index (χ0n) is 15.2. The average Bonchev–Trinajstić information content (AvgIpc) is 3.13. The predicted octanol–water partition coefficient (Wildman–Crippen LogP) is 4.44. The zero-order chi connectivity index (χ0) is 21.5. The van der Waals surface area contributed by atoms with Gasteiger partial charge in [0.2, 0.25) is 5.91 Å². The lowest BCUT2D eigenvalue weighted by molar-refractivity contribution is 0.100. The van der Waals surface area contributed by atoms with Crippen LogP contribution >= 0.6 is 23.2 Å². The Kier molecular flexibility index (Phi) is 5.15. The summed E-state index contributed by atoms with van der Waals surface area (Å²) < 4.78 is 27.6. The van der Waals surface area contributed by atoms with Crippen LogP contribution in [0.15, 0.2) is 65.6 Å². The van der Waals surface area contributed by atoms with Crippen LogP contribution in [0.2, 0.25) is 10.0 Å². The summed E-state index contributed by atoms with van der Waals surface area (Å²) in [5, 5.41) is 0.424. The number of carbonyl (C=O) groups is 1. The molecule has 4 N–H and O–H groups in total. The summed E-state index contributed by atoms with van der Waals surface area (Å²) in [4.78, 5) is 18.9. The molecule has 0 aliphatic carbocycles. The van der Waals surface area contributed by atoms with E-state index in [9.17, 15) is 13.2 Å². The normalized spacial score (nSPS) is 11.5. The standard InChI is InChI=1S/C20H14Cl2N4O3S/c21-15-7-6-14(10-16(15)22)30(28,29)26-13-4-1-11(2-5-13)20-24-17-8-3-12(19(23)27)9-18(17)25-20/h1-10,26H,(H2,23,27)(H,24,25). The summed E-state index contributed by atoms with van der Waals surface area (Å²) in [6.45, 7) is 0. The number of aromatic nitrogens is 2. The van der Waals surface area contributed by atoms with Gasteiger partial charge in [-0.15, -0.1) is 0 Å². The number of carbonyl (C=O) groups excluding carboxylic acids is 1. The third-order valence-electron chi connectivity index (χ3n) is 4.38. The molecule has 10 heteroatoms. The second-order valence-corrected chi connectivity index (χ2v) is 8.94. The van der Waals surface area contributed by atoms with Crippen molar-refractivity contribution in [2.24, 2.45) is 5.73 Å². The monoisotopic (exact) mass is 460 g/mol. The number of primary amides is 1. The SMILES string of the molecule is NC(=O)c1ccc2nc(-c3ccc(NS(=O)(=O)c4ccc(Cl)c(Cl)c4)cc3)[nH]c2c1. The summed E-state index contributed by atoms with van der Waals surface area (Å²) in [5.41, 5.74) is 8.15. The highest BCUT2D eigenvalue weighted by Gasteiger charge is 2.16. The molecule has 0 saturated carbocycles. The van der Waals surface area contributed by atoms with Crippen LogP contribution in [0.25, 0.3) is 22.4 Å². The highest BCUT2D eigenvalue weighted by Crippen LogP contribution is 2.27. The summed E-state index contributed by atoms with van der Waals surface area (Å²) in [6.07, 6.45) is 0. The molecule has 0 radical (unpaired) electrons. The number of halogens is 2. The molecule has 0 spiro atoms. The zero-order valence-corrected chi connectivity index (χ0v) is 17.5. The van der Waals surface area contributed by atoms with Gasteiger partial charge in [-0.2, -0.15) is 0 Å². The maximum atomic E-state index is 12.6. The fourth-order valence-corrected chi connectivity index (χ4v) is 4.30. The van der Waals surface area contributed by atoms with Crippen molar-refractivity contribution in [3.05, 3.63) is 76.3 Å². The van der Waals surface area contributed by atoms with Gasteiger partial charge < -0.3 is 10.7 Å². The average molecular weight is 461 g/mol. The van der Waals surface area contributed by atoms with Gasteiger partial charge in [0.1, 0.15) is 5.82 Å². The number of hydrogen-bond donors (Lipinski definition) is 3. The number of fused-ring (bicyclic) bond motifs is 1. The molecule has 30 heavy (non-hydrogen) atoms. The topological polar surface area (TPSA) is 118 Å². The molecule has 0 bridgehead atoms. The van der Waals surface area contributed by atoms with Crippen LogP contribution in [-0.2, 0) is 10.0 Å². The van der Waals surface area contributed by atoms with Crippen molar-refractivity contribution in [1.29, 1.82) is 0 Å². The van der Waals surface area contributed by atoms with Gasteiger partial charge in [-0.3, -0.25) is 9.52 Å². The predicted molar refractivity (Wildman–Crippen MR) is 117 cm³/mol. The number of hydrogen-bond acceptors (Lipinski definition) is 4. The number of benzene rings is 3. The first-order valence-electron chi connectivity index (χ1n) is 8.61. The van der Waals surface area contributed by atoms with Gasteiger partial charge in [-0.05, 0) is 60.7 Å². The molecular weight excluding hydrogens is 447 g/mol. The minimum atomic E-state index is -3.82. The van der Waals surface area contributed by atoms with Crippen molar-refractivity contribution < 1.29 is 13.2 Å². The van der Waals surface area contributed by atoms with E-state index in [1.165, 1.54) is 18.2 Å². The summed E-state index contributed by atoms with van der Waals surface area (Å²) in [6, 6.07) is 15.7. The smallest absolute Gasteiger partial charge is 0.261 e. The van der Waals surface area contributed by atoms with Crippen LogP contribution in [0.5, 0.6) is 0 Å². The van der Waals surface area contributed by atoms with Crippen LogP contribution in [0.1, 0.15) is 10.4 Å². The number of anilines is 1. The van der Waals surface area contributed by atoms with E-state index in [-0.39, 0.29) is 14.9 Å². The highest BCUT2D eigenvalue weighted by molar-refractivity contribution is 7.92. The molecule has 1 heterocycles. The van der Waals surface area contributed by atoms with Gasteiger partial charge in [0.05, 0.1) is 26.0 Å². The lowest BCUT2D eigenvalue weighted by atomic mass is 10.2.